The number of benzene rings is 1. The number of carbonyl (C=O) groups excluding carboxylic acids is 1. The van der Waals surface area contributed by atoms with E-state index in [1.807, 2.05) is 6.07 Å². The molecule has 4 nitrogen and oxygen atoms in total. The lowest BCUT2D eigenvalue weighted by Crippen LogP contribution is -2.41. The molecule has 4 heteroatoms. The van der Waals surface area contributed by atoms with E-state index in [2.05, 4.69) is 13.0 Å². The van der Waals surface area contributed by atoms with E-state index in [9.17, 15) is 15.0 Å². The van der Waals surface area contributed by atoms with Crippen molar-refractivity contribution in [3.05, 3.63) is 40.0 Å². The van der Waals surface area contributed by atoms with Gasteiger partial charge in [-0.25, -0.2) is 4.79 Å². The number of aliphatic hydroxyl groups is 1. The van der Waals surface area contributed by atoms with Crippen LogP contribution in [0.3, 0.4) is 0 Å². The zero-order chi connectivity index (χ0) is 17.3. The van der Waals surface area contributed by atoms with Gasteiger partial charge in [0.15, 0.2) is 0 Å². The van der Waals surface area contributed by atoms with Crippen LogP contribution in [0, 0.1) is 5.92 Å². The minimum Gasteiger partial charge on any atom is -0.507 e. The van der Waals surface area contributed by atoms with Gasteiger partial charge in [0, 0.05) is 11.1 Å². The summed E-state index contributed by atoms with van der Waals surface area (Å²) in [7, 11) is 0. The molecule has 128 valence electrons. The van der Waals surface area contributed by atoms with E-state index < -0.39 is 5.60 Å². The number of carbonyl (C=O) groups is 1. The molecule has 0 bridgehead atoms. The minimum absolute atomic E-state index is 0.0873. The third-order valence-corrected chi connectivity index (χ3v) is 6.32. The first-order chi connectivity index (χ1) is 11.2. The number of phenolic OH excluding ortho intramolecular Hbond substituents is 1. The third kappa shape index (κ3) is 1.99. The Kier molecular flexibility index (Phi) is 3.17. The van der Waals surface area contributed by atoms with Gasteiger partial charge in [0.25, 0.3) is 0 Å². The van der Waals surface area contributed by atoms with Crippen LogP contribution in [0.25, 0.3) is 0 Å². The number of cyclic esters (lactones) is 1. The second-order valence-corrected chi connectivity index (χ2v) is 8.14. The van der Waals surface area contributed by atoms with E-state index in [1.165, 1.54) is 5.57 Å². The number of esters is 1. The van der Waals surface area contributed by atoms with Crippen molar-refractivity contribution in [2.24, 2.45) is 5.92 Å². The molecule has 1 aromatic rings. The van der Waals surface area contributed by atoms with Crippen molar-refractivity contribution in [3.8, 4) is 5.75 Å². The molecular formula is C20H24O4. The molecule has 1 aromatic carbocycles. The Morgan fingerprint density at radius 1 is 1.29 bits per heavy atom. The van der Waals surface area contributed by atoms with Crippen LogP contribution in [0.4, 0.5) is 0 Å². The van der Waals surface area contributed by atoms with Crippen molar-refractivity contribution in [2.75, 3.05) is 6.61 Å². The molecule has 0 spiro atoms. The summed E-state index contributed by atoms with van der Waals surface area (Å²) >= 11 is 0. The standard InChI is InChI=1S/C20H24O4/c1-19(2,23)16-7-6-14-12(17(16)21)4-5-15-13-10-24-18(22)11(13)8-9-20(14,15)3/h6-7,15,21,23H,4-5,8-10H2,1-3H3/t15-,20+/m0/s1. The van der Waals surface area contributed by atoms with E-state index in [0.29, 0.717) is 18.1 Å². The third-order valence-electron chi connectivity index (χ3n) is 6.32. The van der Waals surface area contributed by atoms with E-state index >= 15 is 0 Å². The highest BCUT2D eigenvalue weighted by Crippen LogP contribution is 2.55. The van der Waals surface area contributed by atoms with Crippen LogP contribution in [0.2, 0.25) is 0 Å². The average molecular weight is 328 g/mol. The number of hydrogen-bond donors (Lipinski definition) is 2. The van der Waals surface area contributed by atoms with Crippen molar-refractivity contribution in [3.63, 3.8) is 0 Å². The van der Waals surface area contributed by atoms with Gasteiger partial charge in [-0.15, -0.1) is 0 Å². The summed E-state index contributed by atoms with van der Waals surface area (Å²) in [5, 5.41) is 21.1. The smallest absolute Gasteiger partial charge is 0.334 e. The second-order valence-electron chi connectivity index (χ2n) is 8.14. The monoisotopic (exact) mass is 328 g/mol. The lowest BCUT2D eigenvalue weighted by atomic mass is 9.56. The fraction of sp³-hybridized carbons (Fsp3) is 0.550. The zero-order valence-electron chi connectivity index (χ0n) is 14.5. The van der Waals surface area contributed by atoms with Gasteiger partial charge in [-0.1, -0.05) is 19.1 Å². The van der Waals surface area contributed by atoms with Gasteiger partial charge in [-0.3, -0.25) is 0 Å². The normalized spacial score (nSPS) is 29.0. The first-order valence-electron chi connectivity index (χ1n) is 8.70. The molecule has 3 aliphatic rings. The molecule has 24 heavy (non-hydrogen) atoms. The van der Waals surface area contributed by atoms with Gasteiger partial charge in [0.1, 0.15) is 12.4 Å². The van der Waals surface area contributed by atoms with Gasteiger partial charge < -0.3 is 14.9 Å². The molecule has 1 aliphatic heterocycles. The number of aromatic hydroxyl groups is 1. The summed E-state index contributed by atoms with van der Waals surface area (Å²) in [6, 6.07) is 3.92. The highest BCUT2D eigenvalue weighted by molar-refractivity contribution is 5.92. The van der Waals surface area contributed by atoms with Crippen molar-refractivity contribution in [2.45, 2.75) is 57.5 Å². The highest BCUT2D eigenvalue weighted by atomic mass is 16.5. The summed E-state index contributed by atoms with van der Waals surface area (Å²) in [6.45, 7) is 6.06. The fourth-order valence-corrected chi connectivity index (χ4v) is 4.99. The Balaban J connectivity index is 1.84. The van der Waals surface area contributed by atoms with Gasteiger partial charge >= 0.3 is 5.97 Å². The van der Waals surface area contributed by atoms with Crippen LogP contribution in [0.1, 0.15) is 56.7 Å². The van der Waals surface area contributed by atoms with Gasteiger partial charge in [-0.05, 0) is 67.6 Å². The highest BCUT2D eigenvalue weighted by Gasteiger charge is 2.49. The first-order valence-corrected chi connectivity index (χ1v) is 8.70. The molecule has 2 atom stereocenters. The van der Waals surface area contributed by atoms with Crippen molar-refractivity contribution < 1.29 is 19.7 Å². The minimum atomic E-state index is -1.06. The lowest BCUT2D eigenvalue weighted by Gasteiger charge is -2.47. The molecule has 4 rings (SSSR count). The Morgan fingerprint density at radius 3 is 2.75 bits per heavy atom. The summed E-state index contributed by atoms with van der Waals surface area (Å²) in [4.78, 5) is 11.9. The summed E-state index contributed by atoms with van der Waals surface area (Å²) in [6.07, 6.45) is 3.30. The van der Waals surface area contributed by atoms with Crippen LogP contribution < -0.4 is 0 Å². The molecule has 0 saturated heterocycles. The van der Waals surface area contributed by atoms with Gasteiger partial charge in [0.2, 0.25) is 0 Å². The largest absolute Gasteiger partial charge is 0.507 e. The first kappa shape index (κ1) is 15.7. The predicted octanol–water partition coefficient (Wildman–Crippen LogP) is 3.09. The van der Waals surface area contributed by atoms with Crippen molar-refractivity contribution in [1.29, 1.82) is 0 Å². The van der Waals surface area contributed by atoms with Crippen molar-refractivity contribution in [1.82, 2.24) is 0 Å². The molecule has 0 saturated carbocycles. The molecule has 0 fully saturated rings. The Hall–Kier alpha value is -1.81. The summed E-state index contributed by atoms with van der Waals surface area (Å²) in [5.41, 5.74) is 3.61. The molecule has 0 unspecified atom stereocenters. The van der Waals surface area contributed by atoms with E-state index in [1.54, 1.807) is 13.8 Å². The maximum Gasteiger partial charge on any atom is 0.334 e. The fourth-order valence-electron chi connectivity index (χ4n) is 4.99. The van der Waals surface area contributed by atoms with Gasteiger partial charge in [0.05, 0.1) is 5.60 Å². The predicted molar refractivity (Wildman–Crippen MR) is 89.7 cm³/mol. The number of ether oxygens (including phenoxy) is 1. The quantitative estimate of drug-likeness (QED) is 0.778. The van der Waals surface area contributed by atoms with Crippen LogP contribution in [0.15, 0.2) is 23.3 Å². The number of rotatable bonds is 1. The maximum atomic E-state index is 11.9. The lowest BCUT2D eigenvalue weighted by molar-refractivity contribution is -0.136. The van der Waals surface area contributed by atoms with Crippen LogP contribution in [-0.2, 0) is 27.0 Å². The Bertz CT molecular complexity index is 769. The van der Waals surface area contributed by atoms with E-state index in [0.717, 1.165) is 42.4 Å². The molecular weight excluding hydrogens is 304 g/mol. The molecule has 0 aromatic heterocycles. The van der Waals surface area contributed by atoms with Crippen molar-refractivity contribution >= 4 is 5.97 Å². The van der Waals surface area contributed by atoms with Crippen LogP contribution in [-0.4, -0.2) is 22.8 Å². The summed E-state index contributed by atoms with van der Waals surface area (Å²) in [5.74, 6) is 0.392. The molecule has 0 amide bonds. The van der Waals surface area contributed by atoms with Crippen LogP contribution in [0.5, 0.6) is 5.75 Å². The Morgan fingerprint density at radius 2 is 2.04 bits per heavy atom. The molecule has 2 aliphatic carbocycles. The van der Waals surface area contributed by atoms with E-state index in [4.69, 9.17) is 4.74 Å². The van der Waals surface area contributed by atoms with Gasteiger partial charge in [-0.2, -0.15) is 0 Å². The SMILES string of the molecule is CC(C)(O)c1ccc2c(c1O)CC[C@H]1C3=C(CC[C@]21C)C(=O)OC3. The summed E-state index contributed by atoms with van der Waals surface area (Å²) < 4.78 is 5.27. The Labute approximate surface area is 142 Å². The molecule has 1 heterocycles. The second kappa shape index (κ2) is 4.85. The maximum absolute atomic E-state index is 11.9. The molecule has 0 radical (unpaired) electrons. The van der Waals surface area contributed by atoms with Crippen LogP contribution >= 0.6 is 0 Å². The zero-order valence-corrected chi connectivity index (χ0v) is 14.5. The topological polar surface area (TPSA) is 66.8 Å². The number of hydrogen-bond acceptors (Lipinski definition) is 4. The van der Waals surface area contributed by atoms with E-state index in [-0.39, 0.29) is 17.1 Å². The molecule has 2 N–H and O–H groups in total. The number of phenols is 1. The number of fused-ring (bicyclic) bond motifs is 4. The average Bonchev–Trinajstić information content (AvgIpc) is 2.87.